The minimum Gasteiger partial charge on any atom is -0.507 e. The number of methoxy groups -OCH3 is 1. The number of aryl methyl sites for hydroxylation is 3. The van der Waals surface area contributed by atoms with Gasteiger partial charge in [0.05, 0.1) is 18.7 Å². The first-order chi connectivity index (χ1) is 15.3. The molecule has 32 heavy (non-hydrogen) atoms. The number of ether oxygens (including phenoxy) is 1. The van der Waals surface area contributed by atoms with Gasteiger partial charge in [0.1, 0.15) is 11.5 Å². The number of carbonyl (C=O) groups excluding carboxylic acids is 2. The molecule has 1 fully saturated rings. The van der Waals surface area contributed by atoms with Crippen molar-refractivity contribution in [3.63, 3.8) is 0 Å². The zero-order chi connectivity index (χ0) is 23.0. The van der Waals surface area contributed by atoms with Crippen LogP contribution in [-0.4, -0.2) is 23.9 Å². The van der Waals surface area contributed by atoms with Crippen molar-refractivity contribution in [1.82, 2.24) is 0 Å². The van der Waals surface area contributed by atoms with Crippen LogP contribution in [0.2, 0.25) is 0 Å². The molecular formula is C27H25NO4. The first kappa shape index (κ1) is 21.4. The van der Waals surface area contributed by atoms with Crippen LogP contribution in [0.5, 0.6) is 5.75 Å². The molecule has 1 aliphatic heterocycles. The molecule has 0 aliphatic carbocycles. The average Bonchev–Trinajstić information content (AvgIpc) is 3.06. The van der Waals surface area contributed by atoms with Gasteiger partial charge in [0.25, 0.3) is 11.7 Å². The number of Topliss-reactive ketones (excluding diaryl/α,β-unsaturated/α-hetero) is 1. The van der Waals surface area contributed by atoms with E-state index in [9.17, 15) is 14.7 Å². The molecule has 3 aromatic carbocycles. The van der Waals surface area contributed by atoms with E-state index in [1.165, 1.54) is 4.90 Å². The number of hydrogen-bond acceptors (Lipinski definition) is 4. The normalized spacial score (nSPS) is 17.6. The van der Waals surface area contributed by atoms with Crippen LogP contribution in [0.25, 0.3) is 5.76 Å². The number of rotatable bonds is 4. The first-order valence-corrected chi connectivity index (χ1v) is 10.4. The number of carbonyl (C=O) groups is 2. The number of ketones is 1. The van der Waals surface area contributed by atoms with Crippen molar-refractivity contribution in [3.05, 3.63) is 100 Å². The van der Waals surface area contributed by atoms with E-state index in [0.29, 0.717) is 22.6 Å². The number of aliphatic hydroxyl groups excluding tert-OH is 1. The fourth-order valence-corrected chi connectivity index (χ4v) is 4.05. The molecule has 1 heterocycles. The van der Waals surface area contributed by atoms with E-state index >= 15 is 0 Å². The van der Waals surface area contributed by atoms with Gasteiger partial charge in [-0.2, -0.15) is 0 Å². The quantitative estimate of drug-likeness (QED) is 0.351. The second kappa shape index (κ2) is 8.35. The maximum absolute atomic E-state index is 13.2. The summed E-state index contributed by atoms with van der Waals surface area (Å²) in [6, 6.07) is 19.3. The molecule has 0 radical (unpaired) electrons. The number of benzene rings is 3. The van der Waals surface area contributed by atoms with E-state index in [4.69, 9.17) is 4.74 Å². The van der Waals surface area contributed by atoms with E-state index in [-0.39, 0.29) is 11.3 Å². The summed E-state index contributed by atoms with van der Waals surface area (Å²) in [4.78, 5) is 27.9. The Bertz CT molecular complexity index is 1260. The van der Waals surface area contributed by atoms with Crippen LogP contribution < -0.4 is 9.64 Å². The fraction of sp³-hybridized carbons (Fsp3) is 0.185. The Balaban J connectivity index is 1.97. The van der Waals surface area contributed by atoms with Crippen molar-refractivity contribution < 1.29 is 19.4 Å². The van der Waals surface area contributed by atoms with Crippen molar-refractivity contribution >= 4 is 23.1 Å². The Morgan fingerprint density at radius 3 is 2.34 bits per heavy atom. The van der Waals surface area contributed by atoms with Gasteiger partial charge < -0.3 is 9.84 Å². The summed E-state index contributed by atoms with van der Waals surface area (Å²) in [7, 11) is 1.56. The molecule has 1 aliphatic rings. The Morgan fingerprint density at radius 2 is 1.66 bits per heavy atom. The van der Waals surface area contributed by atoms with Crippen molar-refractivity contribution in [2.24, 2.45) is 0 Å². The maximum atomic E-state index is 13.2. The smallest absolute Gasteiger partial charge is 0.300 e. The molecule has 1 atom stereocenters. The molecule has 1 N–H and O–H groups in total. The zero-order valence-corrected chi connectivity index (χ0v) is 18.5. The molecule has 5 heteroatoms. The Hall–Kier alpha value is -3.86. The number of amides is 1. The number of anilines is 1. The molecule has 0 bridgehead atoms. The highest BCUT2D eigenvalue weighted by Crippen LogP contribution is 2.43. The Morgan fingerprint density at radius 1 is 0.906 bits per heavy atom. The molecule has 0 spiro atoms. The van der Waals surface area contributed by atoms with E-state index in [2.05, 4.69) is 0 Å². The van der Waals surface area contributed by atoms with Gasteiger partial charge in [-0.15, -0.1) is 0 Å². The standard InChI is InChI=1S/C27H25NO4/c1-16-7-5-9-21(13-16)28-24(19-8-6-10-22(15-19)32-4)23(26(30)27(28)31)25(29)20-12-11-17(2)18(3)14-20/h5-15,24,29H,1-4H3/b25-23-. The minimum atomic E-state index is -0.784. The Labute approximate surface area is 187 Å². The molecule has 1 unspecified atom stereocenters. The number of hydrogen-bond donors (Lipinski definition) is 1. The van der Waals surface area contributed by atoms with Gasteiger partial charge in [0.2, 0.25) is 0 Å². The topological polar surface area (TPSA) is 66.8 Å². The summed E-state index contributed by atoms with van der Waals surface area (Å²) in [6.07, 6.45) is 0. The van der Waals surface area contributed by atoms with Crippen LogP contribution in [0, 0.1) is 20.8 Å². The summed E-state index contributed by atoms with van der Waals surface area (Å²) in [5, 5.41) is 11.2. The van der Waals surface area contributed by atoms with Crippen molar-refractivity contribution in [2.45, 2.75) is 26.8 Å². The average molecular weight is 428 g/mol. The number of nitrogens with zero attached hydrogens (tertiary/aromatic N) is 1. The lowest BCUT2D eigenvalue weighted by atomic mass is 9.94. The molecule has 3 aromatic rings. The molecule has 5 nitrogen and oxygen atoms in total. The van der Waals surface area contributed by atoms with Gasteiger partial charge in [-0.25, -0.2) is 0 Å². The fourth-order valence-electron chi connectivity index (χ4n) is 4.05. The van der Waals surface area contributed by atoms with Gasteiger partial charge in [-0.1, -0.05) is 36.4 Å². The van der Waals surface area contributed by atoms with Crippen LogP contribution in [-0.2, 0) is 9.59 Å². The molecular weight excluding hydrogens is 402 g/mol. The second-order valence-corrected chi connectivity index (χ2v) is 8.08. The predicted molar refractivity (Wildman–Crippen MR) is 125 cm³/mol. The van der Waals surface area contributed by atoms with Gasteiger partial charge in [-0.3, -0.25) is 14.5 Å². The van der Waals surface area contributed by atoms with E-state index in [1.54, 1.807) is 37.4 Å². The predicted octanol–water partition coefficient (Wildman–Crippen LogP) is 5.25. The lowest BCUT2D eigenvalue weighted by Gasteiger charge is -2.26. The third kappa shape index (κ3) is 3.66. The highest BCUT2D eigenvalue weighted by atomic mass is 16.5. The van der Waals surface area contributed by atoms with Crippen molar-refractivity contribution in [1.29, 1.82) is 0 Å². The van der Waals surface area contributed by atoms with Crippen LogP contribution in [0.3, 0.4) is 0 Å². The van der Waals surface area contributed by atoms with Crippen LogP contribution >= 0.6 is 0 Å². The summed E-state index contributed by atoms with van der Waals surface area (Å²) >= 11 is 0. The van der Waals surface area contributed by atoms with E-state index < -0.39 is 17.7 Å². The van der Waals surface area contributed by atoms with Gasteiger partial charge in [-0.05, 0) is 73.4 Å². The summed E-state index contributed by atoms with van der Waals surface area (Å²) < 4.78 is 5.37. The highest BCUT2D eigenvalue weighted by molar-refractivity contribution is 6.51. The van der Waals surface area contributed by atoms with E-state index in [1.807, 2.05) is 57.2 Å². The third-order valence-corrected chi connectivity index (χ3v) is 5.91. The lowest BCUT2D eigenvalue weighted by Crippen LogP contribution is -2.29. The highest BCUT2D eigenvalue weighted by Gasteiger charge is 2.47. The van der Waals surface area contributed by atoms with Gasteiger partial charge in [0, 0.05) is 11.3 Å². The summed E-state index contributed by atoms with van der Waals surface area (Å²) in [6.45, 7) is 5.85. The first-order valence-electron chi connectivity index (χ1n) is 10.4. The molecule has 1 amide bonds. The third-order valence-electron chi connectivity index (χ3n) is 5.91. The second-order valence-electron chi connectivity index (χ2n) is 8.08. The largest absolute Gasteiger partial charge is 0.507 e. The molecule has 0 saturated carbocycles. The maximum Gasteiger partial charge on any atom is 0.300 e. The van der Waals surface area contributed by atoms with Crippen molar-refractivity contribution in [2.75, 3.05) is 12.0 Å². The SMILES string of the molecule is COc1cccc(C2/C(=C(/O)c3ccc(C)c(C)c3)C(=O)C(=O)N2c2cccc(C)c2)c1. The van der Waals surface area contributed by atoms with Crippen LogP contribution in [0.4, 0.5) is 5.69 Å². The summed E-state index contributed by atoms with van der Waals surface area (Å²) in [5.74, 6) is -0.971. The zero-order valence-electron chi connectivity index (χ0n) is 18.5. The van der Waals surface area contributed by atoms with Gasteiger partial charge >= 0.3 is 0 Å². The summed E-state index contributed by atoms with van der Waals surface area (Å²) in [5.41, 5.74) is 4.86. The Kier molecular flexibility index (Phi) is 5.57. The lowest BCUT2D eigenvalue weighted by molar-refractivity contribution is -0.132. The van der Waals surface area contributed by atoms with Crippen molar-refractivity contribution in [3.8, 4) is 5.75 Å². The molecule has 4 rings (SSSR count). The van der Waals surface area contributed by atoms with Gasteiger partial charge in [0.15, 0.2) is 0 Å². The molecule has 1 saturated heterocycles. The molecule has 0 aromatic heterocycles. The number of aliphatic hydroxyl groups is 1. The minimum absolute atomic E-state index is 0.0630. The monoisotopic (exact) mass is 427 g/mol. The van der Waals surface area contributed by atoms with E-state index in [0.717, 1.165) is 16.7 Å². The molecule has 162 valence electrons. The van der Waals surface area contributed by atoms with Crippen LogP contribution in [0.15, 0.2) is 72.3 Å². The van der Waals surface area contributed by atoms with Crippen LogP contribution in [0.1, 0.15) is 33.9 Å².